The van der Waals surface area contributed by atoms with Crippen molar-refractivity contribution in [3.63, 3.8) is 0 Å². The molecule has 2 bridgehead atoms. The van der Waals surface area contributed by atoms with Crippen molar-refractivity contribution in [1.29, 1.82) is 0 Å². The predicted molar refractivity (Wildman–Crippen MR) is 117 cm³/mol. The molecule has 1 saturated carbocycles. The Balaban J connectivity index is 1.55. The van der Waals surface area contributed by atoms with Crippen molar-refractivity contribution in [3.05, 3.63) is 82.9 Å². The van der Waals surface area contributed by atoms with E-state index in [4.69, 9.17) is 11.6 Å². The number of hydrogen-bond acceptors (Lipinski definition) is 4. The molecule has 0 unspecified atom stereocenters. The lowest BCUT2D eigenvalue weighted by Crippen LogP contribution is -2.56. The number of rotatable bonds is 5. The molecule has 5 atom stereocenters. The molecular weight excluding hydrogens is 428 g/mol. The summed E-state index contributed by atoms with van der Waals surface area (Å²) < 4.78 is 0. The first-order chi connectivity index (χ1) is 15.4. The minimum atomic E-state index is -1.06. The summed E-state index contributed by atoms with van der Waals surface area (Å²) in [4.78, 5) is 53.7. The zero-order chi connectivity index (χ0) is 22.6. The zero-order valence-electron chi connectivity index (χ0n) is 17.4. The molecule has 0 radical (unpaired) electrons. The Morgan fingerprint density at radius 3 is 2.03 bits per heavy atom. The van der Waals surface area contributed by atoms with Gasteiger partial charge in [0.25, 0.3) is 17.7 Å². The van der Waals surface area contributed by atoms with Crippen LogP contribution in [0.5, 0.6) is 0 Å². The van der Waals surface area contributed by atoms with Gasteiger partial charge in [0.1, 0.15) is 6.04 Å². The number of carbonyl (C=O) groups excluding carboxylic acids is 4. The van der Waals surface area contributed by atoms with Gasteiger partial charge in [-0.05, 0) is 49.4 Å². The molecule has 2 fully saturated rings. The molecule has 2 aromatic rings. The number of allylic oxidation sites excluding steroid dienone is 2. The van der Waals surface area contributed by atoms with Gasteiger partial charge in [-0.1, -0.05) is 54.1 Å². The lowest BCUT2D eigenvalue weighted by atomic mass is 9.85. The van der Waals surface area contributed by atoms with E-state index in [1.165, 1.54) is 12.1 Å². The second-order valence-electron chi connectivity index (χ2n) is 8.55. The molecule has 7 heteroatoms. The van der Waals surface area contributed by atoms with Crippen LogP contribution in [-0.4, -0.2) is 39.6 Å². The molecule has 3 aliphatic rings. The average Bonchev–Trinajstić information content (AvgIpc) is 3.49. The highest BCUT2D eigenvalue weighted by atomic mass is 35.5. The van der Waals surface area contributed by atoms with Crippen LogP contribution in [0.4, 0.5) is 0 Å². The summed E-state index contributed by atoms with van der Waals surface area (Å²) in [5.41, 5.74) is 0.635. The molecule has 162 valence electrons. The SMILES string of the molecule is C[C@@H](C(=O)c1ccccc1)N(C(=O)c1ccc(Cl)cc1)N1C(=O)[C@@H]2[C@H](C1=O)[C@H]1C=C[C@H]2C1. The normalized spacial score (nSPS) is 26.4. The van der Waals surface area contributed by atoms with Gasteiger partial charge in [-0.2, -0.15) is 5.01 Å². The van der Waals surface area contributed by atoms with Gasteiger partial charge in [-0.15, -0.1) is 0 Å². The number of hydrazine groups is 1. The second kappa shape index (κ2) is 7.71. The molecule has 1 aliphatic heterocycles. The molecule has 1 saturated heterocycles. The van der Waals surface area contributed by atoms with Gasteiger partial charge >= 0.3 is 0 Å². The van der Waals surface area contributed by atoms with Crippen LogP contribution in [0, 0.1) is 23.7 Å². The Hall–Kier alpha value is -3.25. The molecule has 2 aliphatic carbocycles. The average molecular weight is 449 g/mol. The van der Waals surface area contributed by atoms with E-state index in [9.17, 15) is 19.2 Å². The first-order valence-electron chi connectivity index (χ1n) is 10.6. The summed E-state index contributed by atoms with van der Waals surface area (Å²) >= 11 is 5.96. The smallest absolute Gasteiger partial charge is 0.273 e. The van der Waals surface area contributed by atoms with Gasteiger partial charge < -0.3 is 0 Å². The highest BCUT2D eigenvalue weighted by Gasteiger charge is 2.61. The largest absolute Gasteiger partial charge is 0.292 e. The molecule has 5 rings (SSSR count). The molecule has 2 aromatic carbocycles. The van der Waals surface area contributed by atoms with Gasteiger partial charge in [0, 0.05) is 16.1 Å². The first kappa shape index (κ1) is 20.6. The molecule has 6 nitrogen and oxygen atoms in total. The van der Waals surface area contributed by atoms with E-state index < -0.39 is 35.6 Å². The molecule has 0 spiro atoms. The Morgan fingerprint density at radius 2 is 1.47 bits per heavy atom. The maximum absolute atomic E-state index is 13.6. The monoisotopic (exact) mass is 448 g/mol. The first-order valence-corrected chi connectivity index (χ1v) is 11.0. The molecule has 3 amide bonds. The van der Waals surface area contributed by atoms with Crippen LogP contribution in [0.3, 0.4) is 0 Å². The summed E-state index contributed by atoms with van der Waals surface area (Å²) in [6, 6.07) is 13.6. The van der Waals surface area contributed by atoms with Crippen LogP contribution in [0.15, 0.2) is 66.7 Å². The number of fused-ring (bicyclic) bond motifs is 5. The van der Waals surface area contributed by atoms with Crippen molar-refractivity contribution < 1.29 is 19.2 Å². The molecule has 0 aromatic heterocycles. The Labute approximate surface area is 190 Å². The van der Waals surface area contributed by atoms with Gasteiger partial charge in [0.15, 0.2) is 5.78 Å². The van der Waals surface area contributed by atoms with Crippen molar-refractivity contribution in [2.75, 3.05) is 0 Å². The van der Waals surface area contributed by atoms with Crippen LogP contribution < -0.4 is 0 Å². The summed E-state index contributed by atoms with van der Waals surface area (Å²) in [5, 5.41) is 2.43. The van der Waals surface area contributed by atoms with Crippen LogP contribution >= 0.6 is 11.6 Å². The Bertz CT molecular complexity index is 1110. The van der Waals surface area contributed by atoms with E-state index in [2.05, 4.69) is 0 Å². The van der Waals surface area contributed by atoms with Crippen LogP contribution in [0.1, 0.15) is 34.1 Å². The van der Waals surface area contributed by atoms with E-state index >= 15 is 0 Å². The number of nitrogens with zero attached hydrogens (tertiary/aromatic N) is 2. The number of benzene rings is 2. The Kier molecular flexibility index (Phi) is 4.97. The van der Waals surface area contributed by atoms with Crippen molar-refractivity contribution in [2.45, 2.75) is 19.4 Å². The number of ketones is 1. The van der Waals surface area contributed by atoms with Crippen molar-refractivity contribution in [2.24, 2.45) is 23.7 Å². The topological polar surface area (TPSA) is 74.8 Å². The number of amides is 3. The fourth-order valence-corrected chi connectivity index (χ4v) is 5.34. The van der Waals surface area contributed by atoms with E-state index in [1.807, 2.05) is 12.2 Å². The van der Waals surface area contributed by atoms with E-state index in [0.29, 0.717) is 10.6 Å². The van der Waals surface area contributed by atoms with E-state index in [-0.39, 0.29) is 23.2 Å². The van der Waals surface area contributed by atoms with Crippen LogP contribution in [-0.2, 0) is 9.59 Å². The minimum absolute atomic E-state index is 0.000866. The highest BCUT2D eigenvalue weighted by Crippen LogP contribution is 2.53. The third kappa shape index (κ3) is 3.09. The number of hydrogen-bond donors (Lipinski definition) is 0. The Morgan fingerprint density at radius 1 is 0.906 bits per heavy atom. The number of halogens is 1. The van der Waals surface area contributed by atoms with Gasteiger partial charge in [-0.25, -0.2) is 5.01 Å². The number of carbonyl (C=O) groups is 4. The fraction of sp³-hybridized carbons (Fsp3) is 0.280. The third-order valence-electron chi connectivity index (χ3n) is 6.77. The standard InChI is InChI=1S/C25H21ClN2O4/c1-14(22(29)15-5-3-2-4-6-15)27(23(30)16-9-11-19(26)12-10-16)28-24(31)20-17-7-8-18(13-17)21(20)25(28)32/h2-12,14,17-18,20-21H,13H2,1H3/t14-,17-,18-,20-,21+/m0/s1. The summed E-state index contributed by atoms with van der Waals surface area (Å²) in [6.07, 6.45) is 4.76. The molecule has 0 N–H and O–H groups in total. The molecular formula is C25H21ClN2O4. The van der Waals surface area contributed by atoms with Crippen LogP contribution in [0.25, 0.3) is 0 Å². The quantitative estimate of drug-likeness (QED) is 0.396. The minimum Gasteiger partial charge on any atom is -0.292 e. The van der Waals surface area contributed by atoms with Crippen molar-refractivity contribution in [3.8, 4) is 0 Å². The zero-order valence-corrected chi connectivity index (χ0v) is 18.1. The highest BCUT2D eigenvalue weighted by molar-refractivity contribution is 6.30. The van der Waals surface area contributed by atoms with Crippen molar-refractivity contribution in [1.82, 2.24) is 10.0 Å². The molecule has 1 heterocycles. The fourth-order valence-electron chi connectivity index (χ4n) is 5.22. The summed E-state index contributed by atoms with van der Waals surface area (Å²) in [6.45, 7) is 1.55. The van der Waals surface area contributed by atoms with Crippen molar-refractivity contribution >= 4 is 35.1 Å². The van der Waals surface area contributed by atoms with Gasteiger partial charge in [0.2, 0.25) is 0 Å². The van der Waals surface area contributed by atoms with Crippen LogP contribution in [0.2, 0.25) is 5.02 Å². The summed E-state index contributed by atoms with van der Waals surface area (Å²) in [5.74, 6) is -2.72. The predicted octanol–water partition coefficient (Wildman–Crippen LogP) is 3.78. The number of Topliss-reactive ketones (excluding diaryl/α,β-unsaturated/α-hetero) is 1. The lowest BCUT2D eigenvalue weighted by molar-refractivity contribution is -0.157. The maximum Gasteiger partial charge on any atom is 0.273 e. The van der Waals surface area contributed by atoms with E-state index in [0.717, 1.165) is 16.4 Å². The van der Waals surface area contributed by atoms with Gasteiger partial charge in [-0.3, -0.25) is 19.2 Å². The summed E-state index contributed by atoms with van der Waals surface area (Å²) in [7, 11) is 0. The second-order valence-corrected chi connectivity index (χ2v) is 8.99. The third-order valence-corrected chi connectivity index (χ3v) is 7.02. The maximum atomic E-state index is 13.6. The lowest BCUT2D eigenvalue weighted by Gasteiger charge is -2.35. The van der Waals surface area contributed by atoms with E-state index in [1.54, 1.807) is 49.4 Å². The molecule has 32 heavy (non-hydrogen) atoms. The van der Waals surface area contributed by atoms with Gasteiger partial charge in [0.05, 0.1) is 11.8 Å². The number of imide groups is 1.